The van der Waals surface area contributed by atoms with E-state index in [0.29, 0.717) is 30.5 Å². The molecule has 0 spiro atoms. The first-order valence-corrected chi connectivity index (χ1v) is 7.01. The van der Waals surface area contributed by atoms with Gasteiger partial charge in [-0.05, 0) is 18.2 Å². The Kier molecular flexibility index (Phi) is 5.55. The number of anilines is 1. The summed E-state index contributed by atoms with van der Waals surface area (Å²) in [5.74, 6) is -1.10. The van der Waals surface area contributed by atoms with Crippen LogP contribution in [0, 0.1) is 0 Å². The van der Waals surface area contributed by atoms with Gasteiger partial charge in [0.1, 0.15) is 0 Å². The summed E-state index contributed by atoms with van der Waals surface area (Å²) in [5, 5.41) is 12.2. The van der Waals surface area contributed by atoms with E-state index in [1.54, 1.807) is 24.3 Å². The Morgan fingerprint density at radius 2 is 2.29 bits per heavy atom. The lowest BCUT2D eigenvalue weighted by atomic mass is 10.1. The Labute approximate surface area is 127 Å². The molecule has 0 aliphatic carbocycles. The molecule has 1 aromatic rings. The molecule has 1 aliphatic heterocycles. The van der Waals surface area contributed by atoms with Gasteiger partial charge in [-0.25, -0.2) is 0 Å². The molecular formula is C14H17ClN2O4. The average Bonchev–Trinajstić information content (AvgIpc) is 2.40. The first kappa shape index (κ1) is 15.8. The standard InChI is InChI=1S/C14H17ClN2O4/c15-10-2-1-3-11(6-10)16-13(18)8-17-4-5-21-9-12(17)7-14(19)20/h1-3,6,12H,4-5,7-9H2,(H,16,18)(H,19,20). The van der Waals surface area contributed by atoms with Crippen molar-refractivity contribution in [2.24, 2.45) is 0 Å². The van der Waals surface area contributed by atoms with E-state index in [9.17, 15) is 9.59 Å². The molecule has 7 heteroatoms. The molecule has 114 valence electrons. The van der Waals surface area contributed by atoms with E-state index in [0.717, 1.165) is 0 Å². The molecule has 0 bridgehead atoms. The summed E-state index contributed by atoms with van der Waals surface area (Å²) < 4.78 is 5.27. The van der Waals surface area contributed by atoms with E-state index in [2.05, 4.69) is 5.32 Å². The lowest BCUT2D eigenvalue weighted by Crippen LogP contribution is -2.49. The molecule has 21 heavy (non-hydrogen) atoms. The summed E-state index contributed by atoms with van der Waals surface area (Å²) in [6.07, 6.45) is -0.0373. The fourth-order valence-electron chi connectivity index (χ4n) is 2.24. The molecular weight excluding hydrogens is 296 g/mol. The number of carboxylic acids is 1. The zero-order chi connectivity index (χ0) is 15.2. The van der Waals surface area contributed by atoms with Crippen LogP contribution in [0.5, 0.6) is 0 Å². The van der Waals surface area contributed by atoms with Crippen LogP contribution < -0.4 is 5.32 Å². The summed E-state index contributed by atoms with van der Waals surface area (Å²) in [5.41, 5.74) is 0.621. The molecule has 1 fully saturated rings. The number of benzene rings is 1. The highest BCUT2D eigenvalue weighted by Crippen LogP contribution is 2.15. The van der Waals surface area contributed by atoms with Crippen molar-refractivity contribution in [2.45, 2.75) is 12.5 Å². The first-order valence-electron chi connectivity index (χ1n) is 6.63. The van der Waals surface area contributed by atoms with Crippen molar-refractivity contribution in [3.8, 4) is 0 Å². The molecule has 0 aromatic heterocycles. The van der Waals surface area contributed by atoms with Gasteiger partial charge in [0.2, 0.25) is 5.91 Å². The van der Waals surface area contributed by atoms with E-state index in [1.165, 1.54) is 0 Å². The smallest absolute Gasteiger partial charge is 0.305 e. The van der Waals surface area contributed by atoms with Crippen molar-refractivity contribution in [1.29, 1.82) is 0 Å². The van der Waals surface area contributed by atoms with Crippen LogP contribution in [-0.2, 0) is 14.3 Å². The Bertz CT molecular complexity index is 523. The maximum atomic E-state index is 12.0. The molecule has 6 nitrogen and oxygen atoms in total. The molecule has 0 saturated carbocycles. The average molecular weight is 313 g/mol. The number of carbonyl (C=O) groups is 2. The molecule has 1 heterocycles. The number of carboxylic acid groups (broad SMARTS) is 1. The highest BCUT2D eigenvalue weighted by Gasteiger charge is 2.26. The normalized spacial score (nSPS) is 19.2. The number of morpholine rings is 1. The number of nitrogens with zero attached hydrogens (tertiary/aromatic N) is 1. The summed E-state index contributed by atoms with van der Waals surface area (Å²) >= 11 is 5.86. The second-order valence-electron chi connectivity index (χ2n) is 4.86. The topological polar surface area (TPSA) is 78.9 Å². The third kappa shape index (κ3) is 5.00. The Hall–Kier alpha value is -1.63. The number of rotatable bonds is 5. The van der Waals surface area contributed by atoms with Crippen molar-refractivity contribution in [2.75, 3.05) is 31.6 Å². The van der Waals surface area contributed by atoms with E-state index < -0.39 is 5.97 Å². The van der Waals surface area contributed by atoms with Gasteiger partial charge in [0.05, 0.1) is 26.2 Å². The fourth-order valence-corrected chi connectivity index (χ4v) is 2.43. The number of amides is 1. The molecule has 1 aromatic carbocycles. The number of ether oxygens (including phenoxy) is 1. The van der Waals surface area contributed by atoms with E-state index in [-0.39, 0.29) is 24.9 Å². The van der Waals surface area contributed by atoms with E-state index in [1.807, 2.05) is 4.90 Å². The van der Waals surface area contributed by atoms with Crippen LogP contribution >= 0.6 is 11.6 Å². The predicted octanol–water partition coefficient (Wildman–Crippen LogP) is 1.45. The van der Waals surface area contributed by atoms with Gasteiger partial charge in [0.15, 0.2) is 0 Å². The number of carbonyl (C=O) groups excluding carboxylic acids is 1. The van der Waals surface area contributed by atoms with Crippen molar-refractivity contribution >= 4 is 29.2 Å². The maximum Gasteiger partial charge on any atom is 0.305 e. The summed E-state index contributed by atoms with van der Waals surface area (Å²) in [6, 6.07) is 6.61. The van der Waals surface area contributed by atoms with Crippen LogP contribution in [0.3, 0.4) is 0 Å². The molecule has 2 rings (SSSR count). The van der Waals surface area contributed by atoms with Crippen LogP contribution in [0.25, 0.3) is 0 Å². The number of halogens is 1. The molecule has 1 unspecified atom stereocenters. The van der Waals surface area contributed by atoms with Gasteiger partial charge >= 0.3 is 5.97 Å². The monoisotopic (exact) mass is 312 g/mol. The van der Waals surface area contributed by atoms with Gasteiger partial charge in [-0.2, -0.15) is 0 Å². The highest BCUT2D eigenvalue weighted by atomic mass is 35.5. The van der Waals surface area contributed by atoms with Crippen LogP contribution in [0.2, 0.25) is 5.02 Å². The van der Waals surface area contributed by atoms with Gasteiger partial charge in [-0.15, -0.1) is 0 Å². The van der Waals surface area contributed by atoms with Crippen LogP contribution in [0.1, 0.15) is 6.42 Å². The third-order valence-electron chi connectivity index (χ3n) is 3.21. The van der Waals surface area contributed by atoms with E-state index >= 15 is 0 Å². The van der Waals surface area contributed by atoms with Gasteiger partial charge in [0, 0.05) is 23.3 Å². The van der Waals surface area contributed by atoms with Crippen molar-refractivity contribution < 1.29 is 19.4 Å². The Balaban J connectivity index is 1.92. The first-order chi connectivity index (χ1) is 10.0. The van der Waals surface area contributed by atoms with Crippen LogP contribution in [0.15, 0.2) is 24.3 Å². The largest absolute Gasteiger partial charge is 0.481 e. The SMILES string of the molecule is O=C(O)CC1COCCN1CC(=O)Nc1cccc(Cl)c1. The van der Waals surface area contributed by atoms with Gasteiger partial charge in [-0.3, -0.25) is 14.5 Å². The summed E-state index contributed by atoms with van der Waals surface area (Å²) in [4.78, 5) is 24.7. The van der Waals surface area contributed by atoms with Crippen LogP contribution in [0.4, 0.5) is 5.69 Å². The van der Waals surface area contributed by atoms with Crippen molar-refractivity contribution in [3.05, 3.63) is 29.3 Å². The minimum absolute atomic E-state index is 0.0373. The number of hydrogen-bond donors (Lipinski definition) is 2. The molecule has 2 N–H and O–H groups in total. The molecule has 1 saturated heterocycles. The minimum atomic E-state index is -0.897. The number of hydrogen-bond acceptors (Lipinski definition) is 4. The minimum Gasteiger partial charge on any atom is -0.481 e. The lowest BCUT2D eigenvalue weighted by Gasteiger charge is -2.34. The summed E-state index contributed by atoms with van der Waals surface area (Å²) in [7, 11) is 0. The van der Waals surface area contributed by atoms with Crippen molar-refractivity contribution in [1.82, 2.24) is 4.90 Å². The second-order valence-corrected chi connectivity index (χ2v) is 5.29. The molecule has 1 amide bonds. The Morgan fingerprint density at radius 3 is 3.00 bits per heavy atom. The molecule has 0 radical (unpaired) electrons. The Morgan fingerprint density at radius 1 is 1.48 bits per heavy atom. The second kappa shape index (κ2) is 7.40. The van der Waals surface area contributed by atoms with E-state index in [4.69, 9.17) is 21.4 Å². The van der Waals surface area contributed by atoms with Gasteiger partial charge in [0.25, 0.3) is 0 Å². The van der Waals surface area contributed by atoms with Gasteiger partial charge in [-0.1, -0.05) is 17.7 Å². The molecule has 1 atom stereocenters. The maximum absolute atomic E-state index is 12.0. The quantitative estimate of drug-likeness (QED) is 0.860. The molecule has 1 aliphatic rings. The fraction of sp³-hybridized carbons (Fsp3) is 0.429. The summed E-state index contributed by atoms with van der Waals surface area (Å²) in [6.45, 7) is 1.51. The zero-order valence-electron chi connectivity index (χ0n) is 11.4. The predicted molar refractivity (Wildman–Crippen MR) is 78.5 cm³/mol. The van der Waals surface area contributed by atoms with Crippen molar-refractivity contribution in [3.63, 3.8) is 0 Å². The zero-order valence-corrected chi connectivity index (χ0v) is 12.2. The van der Waals surface area contributed by atoms with Crippen LogP contribution in [-0.4, -0.2) is 54.2 Å². The third-order valence-corrected chi connectivity index (χ3v) is 3.45. The number of aliphatic carboxylic acids is 1. The lowest BCUT2D eigenvalue weighted by molar-refractivity contribution is -0.141. The van der Waals surface area contributed by atoms with Gasteiger partial charge < -0.3 is 15.2 Å². The number of nitrogens with one attached hydrogen (secondary N) is 1. The highest BCUT2D eigenvalue weighted by molar-refractivity contribution is 6.30.